The Labute approximate surface area is 114 Å². The summed E-state index contributed by atoms with van der Waals surface area (Å²) in [5, 5.41) is 8.51. The van der Waals surface area contributed by atoms with E-state index in [1.165, 1.54) is 12.1 Å². The van der Waals surface area contributed by atoms with Gasteiger partial charge in [-0.25, -0.2) is 4.79 Å². The van der Waals surface area contributed by atoms with Crippen molar-refractivity contribution in [3.8, 4) is 5.75 Å². The Morgan fingerprint density at radius 2 is 1.94 bits per heavy atom. The molecular formula is C12H10Cl2O4. The van der Waals surface area contributed by atoms with Crippen molar-refractivity contribution in [3.63, 3.8) is 0 Å². The van der Waals surface area contributed by atoms with Crippen LogP contribution >= 0.6 is 23.2 Å². The second-order valence-corrected chi connectivity index (χ2v) is 4.29. The fourth-order valence-corrected chi connectivity index (χ4v) is 1.65. The van der Waals surface area contributed by atoms with Gasteiger partial charge in [-0.1, -0.05) is 29.8 Å². The number of rotatable bonds is 5. The summed E-state index contributed by atoms with van der Waals surface area (Å²) in [4.78, 5) is 22.1. The highest BCUT2D eigenvalue weighted by molar-refractivity contribution is 6.45. The number of carboxylic acids is 1. The first-order valence-corrected chi connectivity index (χ1v) is 5.63. The lowest BCUT2D eigenvalue weighted by Gasteiger charge is -2.10. The summed E-state index contributed by atoms with van der Waals surface area (Å²) in [7, 11) is 0. The molecule has 0 aliphatic heterocycles. The van der Waals surface area contributed by atoms with Crippen molar-refractivity contribution >= 4 is 35.0 Å². The summed E-state index contributed by atoms with van der Waals surface area (Å²) in [6.45, 7) is 4.54. The lowest BCUT2D eigenvalue weighted by atomic mass is 10.1. The number of hydrogen-bond acceptors (Lipinski definition) is 3. The van der Waals surface area contributed by atoms with Gasteiger partial charge in [-0.3, -0.25) is 4.79 Å². The van der Waals surface area contributed by atoms with E-state index in [1.807, 2.05) is 0 Å². The molecule has 0 unspecified atom stereocenters. The summed E-state index contributed by atoms with van der Waals surface area (Å²) < 4.78 is 4.92. The van der Waals surface area contributed by atoms with Crippen LogP contribution in [0, 0.1) is 0 Å². The smallest absolute Gasteiger partial charge is 0.341 e. The van der Waals surface area contributed by atoms with Crippen LogP contribution in [0.2, 0.25) is 10.0 Å². The number of benzene rings is 1. The van der Waals surface area contributed by atoms with Gasteiger partial charge in [0.25, 0.3) is 0 Å². The molecule has 0 atom stereocenters. The lowest BCUT2D eigenvalue weighted by Crippen LogP contribution is -2.10. The summed E-state index contributed by atoms with van der Waals surface area (Å²) in [6.07, 6.45) is 0. The zero-order valence-corrected chi connectivity index (χ0v) is 11.0. The Kier molecular flexibility index (Phi) is 4.76. The molecule has 0 aliphatic carbocycles. The number of halogens is 2. The van der Waals surface area contributed by atoms with E-state index in [9.17, 15) is 9.59 Å². The maximum Gasteiger partial charge on any atom is 0.341 e. The highest BCUT2D eigenvalue weighted by atomic mass is 35.5. The van der Waals surface area contributed by atoms with Gasteiger partial charge < -0.3 is 9.84 Å². The third-order valence-corrected chi connectivity index (χ3v) is 2.89. The SMILES string of the molecule is C=C(C)C(=O)c1ccc(OCC(=O)O)c(Cl)c1Cl. The second-order valence-electron chi connectivity index (χ2n) is 3.53. The Bertz CT molecular complexity index is 523. The third kappa shape index (κ3) is 3.24. The summed E-state index contributed by atoms with van der Waals surface area (Å²) in [6, 6.07) is 2.82. The monoisotopic (exact) mass is 288 g/mol. The lowest BCUT2D eigenvalue weighted by molar-refractivity contribution is -0.139. The fourth-order valence-electron chi connectivity index (χ4n) is 1.19. The minimum absolute atomic E-state index is 0.00465. The van der Waals surface area contributed by atoms with Crippen molar-refractivity contribution in [2.75, 3.05) is 6.61 Å². The molecule has 0 saturated heterocycles. The van der Waals surface area contributed by atoms with E-state index < -0.39 is 12.6 Å². The van der Waals surface area contributed by atoms with E-state index in [0.717, 1.165) is 0 Å². The van der Waals surface area contributed by atoms with Gasteiger partial charge in [-0.05, 0) is 24.6 Å². The van der Waals surface area contributed by atoms with Gasteiger partial charge in [0, 0.05) is 5.56 Å². The highest BCUT2D eigenvalue weighted by Crippen LogP contribution is 2.35. The molecule has 0 bridgehead atoms. The molecule has 6 heteroatoms. The molecule has 0 aliphatic rings. The van der Waals surface area contributed by atoms with E-state index in [2.05, 4.69) is 6.58 Å². The van der Waals surface area contributed by atoms with Crippen molar-refractivity contribution < 1.29 is 19.4 Å². The molecule has 1 aromatic rings. The number of Topliss-reactive ketones (excluding diaryl/α,β-unsaturated/α-hetero) is 1. The van der Waals surface area contributed by atoms with Crippen molar-refractivity contribution in [3.05, 3.63) is 39.9 Å². The Morgan fingerprint density at radius 3 is 2.44 bits per heavy atom. The summed E-state index contributed by atoms with van der Waals surface area (Å²) in [5.74, 6) is -1.35. The van der Waals surface area contributed by atoms with Gasteiger partial charge in [0.05, 0.1) is 5.02 Å². The molecule has 0 saturated carbocycles. The summed E-state index contributed by atoms with van der Waals surface area (Å²) >= 11 is 11.8. The van der Waals surface area contributed by atoms with Gasteiger partial charge in [-0.15, -0.1) is 0 Å². The van der Waals surface area contributed by atoms with Crippen LogP contribution in [-0.4, -0.2) is 23.5 Å². The molecule has 1 N–H and O–H groups in total. The van der Waals surface area contributed by atoms with Crippen LogP contribution in [0.3, 0.4) is 0 Å². The molecule has 1 aromatic carbocycles. The van der Waals surface area contributed by atoms with E-state index in [-0.39, 0.29) is 27.1 Å². The van der Waals surface area contributed by atoms with E-state index >= 15 is 0 Å². The highest BCUT2D eigenvalue weighted by Gasteiger charge is 2.17. The first-order chi connectivity index (χ1) is 8.34. The van der Waals surface area contributed by atoms with Gasteiger partial charge in [0.15, 0.2) is 12.4 Å². The van der Waals surface area contributed by atoms with Crippen LogP contribution in [0.25, 0.3) is 0 Å². The zero-order chi connectivity index (χ0) is 13.9. The van der Waals surface area contributed by atoms with Crippen molar-refractivity contribution in [2.24, 2.45) is 0 Å². The van der Waals surface area contributed by atoms with Crippen LogP contribution in [0.15, 0.2) is 24.3 Å². The molecular weight excluding hydrogens is 279 g/mol. The molecule has 4 nitrogen and oxygen atoms in total. The molecule has 1 rings (SSSR count). The number of carbonyl (C=O) groups is 2. The Hall–Kier alpha value is -1.52. The quantitative estimate of drug-likeness (QED) is 0.667. The molecule has 0 heterocycles. The van der Waals surface area contributed by atoms with E-state index in [4.69, 9.17) is 33.0 Å². The maximum atomic E-state index is 11.7. The van der Waals surface area contributed by atoms with Crippen LogP contribution < -0.4 is 4.74 Å². The van der Waals surface area contributed by atoms with Gasteiger partial charge in [0.1, 0.15) is 10.8 Å². The number of allylic oxidation sites excluding steroid dienone is 1. The van der Waals surface area contributed by atoms with E-state index in [1.54, 1.807) is 6.92 Å². The number of ketones is 1. The first kappa shape index (κ1) is 14.5. The molecule has 18 heavy (non-hydrogen) atoms. The predicted molar refractivity (Wildman–Crippen MR) is 68.7 cm³/mol. The molecule has 0 aromatic heterocycles. The number of aliphatic carboxylic acids is 1. The molecule has 0 fully saturated rings. The van der Waals surface area contributed by atoms with Crippen LogP contribution in [0.4, 0.5) is 0 Å². The Morgan fingerprint density at radius 1 is 1.33 bits per heavy atom. The number of hydrogen-bond donors (Lipinski definition) is 1. The minimum Gasteiger partial charge on any atom is -0.480 e. The number of carbonyl (C=O) groups excluding carboxylic acids is 1. The zero-order valence-electron chi connectivity index (χ0n) is 9.50. The Balaban J connectivity index is 3.09. The van der Waals surface area contributed by atoms with Crippen LogP contribution in [-0.2, 0) is 4.79 Å². The summed E-state index contributed by atoms with van der Waals surface area (Å²) in [5.41, 5.74) is 0.531. The normalized spacial score (nSPS) is 9.94. The first-order valence-electron chi connectivity index (χ1n) is 4.87. The minimum atomic E-state index is -1.13. The molecule has 0 spiro atoms. The van der Waals surface area contributed by atoms with Crippen LogP contribution in [0.5, 0.6) is 5.75 Å². The molecule has 0 amide bonds. The number of carboxylic acid groups (broad SMARTS) is 1. The number of ether oxygens (including phenoxy) is 1. The average Bonchev–Trinajstić information content (AvgIpc) is 2.30. The second kappa shape index (κ2) is 5.89. The topological polar surface area (TPSA) is 63.6 Å². The van der Waals surface area contributed by atoms with Crippen LogP contribution in [0.1, 0.15) is 17.3 Å². The maximum absolute atomic E-state index is 11.7. The molecule has 0 radical (unpaired) electrons. The van der Waals surface area contributed by atoms with Crippen molar-refractivity contribution in [2.45, 2.75) is 6.92 Å². The van der Waals surface area contributed by atoms with Gasteiger partial charge in [0.2, 0.25) is 0 Å². The van der Waals surface area contributed by atoms with Gasteiger partial charge in [-0.2, -0.15) is 0 Å². The van der Waals surface area contributed by atoms with Gasteiger partial charge >= 0.3 is 5.97 Å². The van der Waals surface area contributed by atoms with Crippen molar-refractivity contribution in [1.82, 2.24) is 0 Å². The largest absolute Gasteiger partial charge is 0.480 e. The van der Waals surface area contributed by atoms with E-state index in [0.29, 0.717) is 5.57 Å². The fraction of sp³-hybridized carbons (Fsp3) is 0.167. The predicted octanol–water partition coefficient (Wildman–Crippen LogP) is 3.22. The molecule has 96 valence electrons. The average molecular weight is 289 g/mol. The third-order valence-electron chi connectivity index (χ3n) is 2.03. The standard InChI is InChI=1S/C12H10Cl2O4/c1-6(2)12(17)7-3-4-8(11(14)10(7)13)18-5-9(15)16/h3-4H,1,5H2,2H3,(H,15,16). The van der Waals surface area contributed by atoms with Crippen molar-refractivity contribution in [1.29, 1.82) is 0 Å².